The van der Waals surface area contributed by atoms with Crippen molar-refractivity contribution in [3.8, 4) is 11.1 Å². The minimum Gasteiger partial charge on any atom is -0.356 e. The lowest BCUT2D eigenvalue weighted by Gasteiger charge is -2.36. The first kappa shape index (κ1) is 18.4. The highest BCUT2D eigenvalue weighted by atomic mass is 35.5. The van der Waals surface area contributed by atoms with E-state index in [1.54, 1.807) is 0 Å². The Bertz CT molecular complexity index is 902. The Morgan fingerprint density at radius 3 is 2.44 bits per heavy atom. The van der Waals surface area contributed by atoms with Crippen LogP contribution in [0, 0.1) is 0 Å². The first-order valence-electron chi connectivity index (χ1n) is 9.63. The predicted octanol–water partition coefficient (Wildman–Crippen LogP) is 5.13. The number of ketones is 2. The van der Waals surface area contributed by atoms with Gasteiger partial charge in [0.2, 0.25) is 0 Å². The highest BCUT2D eigenvalue weighted by molar-refractivity contribution is 6.30. The van der Waals surface area contributed by atoms with Crippen molar-refractivity contribution in [3.05, 3.63) is 58.6 Å². The van der Waals surface area contributed by atoms with Gasteiger partial charge in [-0.3, -0.25) is 9.59 Å². The number of carbonyl (C=O) groups is 2. The Morgan fingerprint density at radius 1 is 1.07 bits per heavy atom. The highest BCUT2D eigenvalue weighted by Crippen LogP contribution is 2.46. The van der Waals surface area contributed by atoms with Crippen LogP contribution < -0.4 is 0 Å². The fraction of sp³-hybridized carbons (Fsp3) is 0.391. The van der Waals surface area contributed by atoms with Crippen molar-refractivity contribution in [2.45, 2.75) is 57.2 Å². The summed E-state index contributed by atoms with van der Waals surface area (Å²) in [5.41, 5.74) is 3.11. The lowest BCUT2D eigenvalue weighted by atomic mass is 9.77. The standard InChI is InChI=1S/C23H23ClO3/c1-3-14-5-6-16(15-7-9-17(24)10-8-15)13-18(14)20-21(25)19-11-12-23(4-2,27-19)22(20)26/h5-10,13,19-20H,3-4,11-12H2,1-2H3/t19-,20?,23+/m0/s1. The molecular weight excluding hydrogens is 360 g/mol. The summed E-state index contributed by atoms with van der Waals surface area (Å²) in [6, 6.07) is 13.7. The average Bonchev–Trinajstić information content (AvgIpc) is 3.10. The number of ether oxygens (including phenoxy) is 1. The van der Waals surface area contributed by atoms with E-state index in [2.05, 4.69) is 6.92 Å². The molecule has 3 atom stereocenters. The number of hydrogen-bond acceptors (Lipinski definition) is 3. The van der Waals surface area contributed by atoms with E-state index >= 15 is 0 Å². The molecule has 4 rings (SSSR count). The molecule has 0 aromatic heterocycles. The third-order valence-corrected chi connectivity index (χ3v) is 6.33. The smallest absolute Gasteiger partial charge is 0.179 e. The minimum absolute atomic E-state index is 0.0632. The monoisotopic (exact) mass is 382 g/mol. The number of aryl methyl sites for hydroxylation is 1. The number of carbonyl (C=O) groups excluding carboxylic acids is 2. The third-order valence-electron chi connectivity index (χ3n) is 6.08. The second-order valence-corrected chi connectivity index (χ2v) is 7.90. The van der Waals surface area contributed by atoms with Crippen LogP contribution in [0.5, 0.6) is 0 Å². The molecule has 0 amide bonds. The molecular formula is C23H23ClO3. The molecule has 0 saturated carbocycles. The van der Waals surface area contributed by atoms with E-state index in [0.29, 0.717) is 24.3 Å². The van der Waals surface area contributed by atoms with Gasteiger partial charge < -0.3 is 4.74 Å². The first-order chi connectivity index (χ1) is 13.0. The summed E-state index contributed by atoms with van der Waals surface area (Å²) in [5.74, 6) is -0.857. The van der Waals surface area contributed by atoms with Crippen molar-refractivity contribution in [3.63, 3.8) is 0 Å². The molecule has 3 nitrogen and oxygen atoms in total. The zero-order valence-electron chi connectivity index (χ0n) is 15.6. The Labute approximate surface area is 164 Å². The Hall–Kier alpha value is -1.97. The number of halogens is 1. The van der Waals surface area contributed by atoms with Crippen LogP contribution in [-0.2, 0) is 20.7 Å². The minimum atomic E-state index is -0.787. The predicted molar refractivity (Wildman–Crippen MR) is 106 cm³/mol. The van der Waals surface area contributed by atoms with E-state index in [-0.39, 0.29) is 11.6 Å². The molecule has 2 saturated heterocycles. The summed E-state index contributed by atoms with van der Waals surface area (Å²) in [6.07, 6.45) is 2.24. The average molecular weight is 383 g/mol. The molecule has 2 aromatic carbocycles. The highest BCUT2D eigenvalue weighted by Gasteiger charge is 2.57. The molecule has 2 bridgehead atoms. The quantitative estimate of drug-likeness (QED) is 0.688. The van der Waals surface area contributed by atoms with Gasteiger partial charge in [0.05, 0.1) is 0 Å². The van der Waals surface area contributed by atoms with E-state index in [1.807, 2.05) is 49.4 Å². The summed E-state index contributed by atoms with van der Waals surface area (Å²) in [4.78, 5) is 26.4. The van der Waals surface area contributed by atoms with Gasteiger partial charge in [-0.25, -0.2) is 0 Å². The van der Waals surface area contributed by atoms with Crippen LogP contribution in [0.2, 0.25) is 5.02 Å². The molecule has 27 heavy (non-hydrogen) atoms. The van der Waals surface area contributed by atoms with Crippen LogP contribution in [0.15, 0.2) is 42.5 Å². The van der Waals surface area contributed by atoms with E-state index in [0.717, 1.165) is 28.7 Å². The maximum Gasteiger partial charge on any atom is 0.179 e. The maximum absolute atomic E-state index is 13.3. The van der Waals surface area contributed by atoms with Gasteiger partial charge >= 0.3 is 0 Å². The van der Waals surface area contributed by atoms with Gasteiger partial charge in [0.15, 0.2) is 11.6 Å². The Kier molecular flexibility index (Phi) is 4.69. The fourth-order valence-electron chi connectivity index (χ4n) is 4.45. The van der Waals surface area contributed by atoms with E-state index < -0.39 is 17.6 Å². The van der Waals surface area contributed by atoms with Crippen LogP contribution >= 0.6 is 11.6 Å². The first-order valence-corrected chi connectivity index (χ1v) is 10.0. The molecule has 2 aliphatic rings. The Morgan fingerprint density at radius 2 is 1.78 bits per heavy atom. The molecule has 0 radical (unpaired) electrons. The van der Waals surface area contributed by atoms with Crippen LogP contribution in [0.4, 0.5) is 0 Å². The number of rotatable bonds is 4. The van der Waals surface area contributed by atoms with Crippen LogP contribution in [0.3, 0.4) is 0 Å². The van der Waals surface area contributed by atoms with Crippen molar-refractivity contribution in [2.24, 2.45) is 0 Å². The van der Waals surface area contributed by atoms with Crippen molar-refractivity contribution in [1.29, 1.82) is 0 Å². The molecule has 2 heterocycles. The van der Waals surface area contributed by atoms with Gasteiger partial charge in [-0.05, 0) is 66.1 Å². The largest absolute Gasteiger partial charge is 0.356 e. The molecule has 4 heteroatoms. The summed E-state index contributed by atoms with van der Waals surface area (Å²) in [6.45, 7) is 4.03. The topological polar surface area (TPSA) is 43.4 Å². The van der Waals surface area contributed by atoms with Gasteiger partial charge in [-0.2, -0.15) is 0 Å². The number of fused-ring (bicyclic) bond motifs is 2. The van der Waals surface area contributed by atoms with Crippen molar-refractivity contribution < 1.29 is 14.3 Å². The van der Waals surface area contributed by atoms with Crippen molar-refractivity contribution in [2.75, 3.05) is 0 Å². The third kappa shape index (κ3) is 2.94. The lowest BCUT2D eigenvalue weighted by molar-refractivity contribution is -0.163. The SMILES string of the molecule is CCc1ccc(-c2ccc(Cl)cc2)cc1C1C(=O)[C@@H]2CC[C@@](CC)(O2)C1=O. The van der Waals surface area contributed by atoms with E-state index in [9.17, 15) is 9.59 Å². The zero-order valence-corrected chi connectivity index (χ0v) is 16.4. The van der Waals surface area contributed by atoms with Gasteiger partial charge in [-0.1, -0.05) is 49.7 Å². The molecule has 2 aliphatic heterocycles. The number of benzene rings is 2. The van der Waals surface area contributed by atoms with E-state index in [1.165, 1.54) is 0 Å². The van der Waals surface area contributed by atoms with Gasteiger partial charge in [0.25, 0.3) is 0 Å². The normalized spacial score (nSPS) is 27.2. The molecule has 140 valence electrons. The van der Waals surface area contributed by atoms with Crippen LogP contribution in [0.25, 0.3) is 11.1 Å². The number of Topliss-reactive ketones (excluding diaryl/α,β-unsaturated/α-hetero) is 2. The zero-order chi connectivity index (χ0) is 19.2. The molecule has 0 spiro atoms. The molecule has 0 aliphatic carbocycles. The van der Waals surface area contributed by atoms with E-state index in [4.69, 9.17) is 16.3 Å². The second kappa shape index (κ2) is 6.88. The molecule has 2 fully saturated rings. The molecule has 2 aromatic rings. The summed E-state index contributed by atoms with van der Waals surface area (Å²) < 4.78 is 5.90. The summed E-state index contributed by atoms with van der Waals surface area (Å²) in [5, 5.41) is 0.681. The molecule has 1 unspecified atom stereocenters. The van der Waals surface area contributed by atoms with Gasteiger partial charge in [0, 0.05) is 5.02 Å². The van der Waals surface area contributed by atoms with Crippen LogP contribution in [-0.4, -0.2) is 23.3 Å². The second-order valence-electron chi connectivity index (χ2n) is 7.47. The molecule has 0 N–H and O–H groups in total. The van der Waals surface area contributed by atoms with Gasteiger partial charge in [0.1, 0.15) is 17.6 Å². The lowest BCUT2D eigenvalue weighted by Crippen LogP contribution is -2.50. The summed E-state index contributed by atoms with van der Waals surface area (Å²) >= 11 is 6.01. The summed E-state index contributed by atoms with van der Waals surface area (Å²) in [7, 11) is 0. The maximum atomic E-state index is 13.3. The fourth-order valence-corrected chi connectivity index (χ4v) is 4.58. The van der Waals surface area contributed by atoms with Crippen LogP contribution in [0.1, 0.15) is 50.2 Å². The number of hydrogen-bond donors (Lipinski definition) is 0. The van der Waals surface area contributed by atoms with Crippen molar-refractivity contribution >= 4 is 23.2 Å². The van der Waals surface area contributed by atoms with Crippen molar-refractivity contribution in [1.82, 2.24) is 0 Å². The Balaban J connectivity index is 1.82. The van der Waals surface area contributed by atoms with Gasteiger partial charge in [-0.15, -0.1) is 0 Å².